The molecule has 3 nitrogen and oxygen atoms in total. The number of hydrogen-bond donors (Lipinski definition) is 0. The molecule has 5 heteroatoms. The highest BCUT2D eigenvalue weighted by Crippen LogP contribution is 2.35. The number of aromatic nitrogens is 2. The summed E-state index contributed by atoms with van der Waals surface area (Å²) >= 11 is 6.04. The second-order valence-corrected chi connectivity index (χ2v) is 6.10. The van der Waals surface area contributed by atoms with Crippen molar-refractivity contribution in [1.29, 1.82) is 0 Å². The average molecular weight is 294 g/mol. The fourth-order valence-corrected chi connectivity index (χ4v) is 3.56. The maximum absolute atomic E-state index is 13.3. The first kappa shape index (κ1) is 12.6. The van der Waals surface area contributed by atoms with Gasteiger partial charge in [-0.15, -0.1) is 11.6 Å². The van der Waals surface area contributed by atoms with E-state index in [4.69, 9.17) is 11.6 Å². The van der Waals surface area contributed by atoms with Crippen molar-refractivity contribution in [3.8, 4) is 0 Å². The van der Waals surface area contributed by atoms with Crippen LogP contribution in [0.1, 0.15) is 31.1 Å². The third-order valence-corrected chi connectivity index (χ3v) is 4.71. The summed E-state index contributed by atoms with van der Waals surface area (Å²) in [5.74, 6) is 0.986. The van der Waals surface area contributed by atoms with Crippen LogP contribution in [0, 0.1) is 5.82 Å². The molecule has 1 aromatic carbocycles. The highest BCUT2D eigenvalue weighted by Gasteiger charge is 2.35. The third-order valence-electron chi connectivity index (χ3n) is 4.47. The standard InChI is InChI=1S/C15H17ClFN3/c16-8-15-18-13-7-10(17)1-4-14(13)20(15)12-5-6-19(9-12)11-2-3-11/h1,4,7,11-12H,2-3,5-6,8-9H2. The Morgan fingerprint density at radius 1 is 1.25 bits per heavy atom. The summed E-state index contributed by atoms with van der Waals surface area (Å²) in [5, 5.41) is 0. The van der Waals surface area contributed by atoms with E-state index in [2.05, 4.69) is 14.5 Å². The van der Waals surface area contributed by atoms with Crippen LogP contribution in [0.2, 0.25) is 0 Å². The molecule has 0 amide bonds. The summed E-state index contributed by atoms with van der Waals surface area (Å²) < 4.78 is 15.6. The normalized spacial score (nSPS) is 23.8. The van der Waals surface area contributed by atoms with E-state index >= 15 is 0 Å². The lowest BCUT2D eigenvalue weighted by Crippen LogP contribution is -2.24. The Labute approximate surface area is 122 Å². The number of rotatable bonds is 3. The monoisotopic (exact) mass is 293 g/mol. The number of nitrogens with zero attached hydrogens (tertiary/aromatic N) is 3. The van der Waals surface area contributed by atoms with E-state index in [0.717, 1.165) is 36.9 Å². The molecule has 0 N–H and O–H groups in total. The molecular formula is C15H17ClFN3. The van der Waals surface area contributed by atoms with E-state index < -0.39 is 0 Å². The molecule has 2 aliphatic rings. The Balaban J connectivity index is 1.74. The fourth-order valence-electron chi connectivity index (χ4n) is 3.37. The number of benzene rings is 1. The molecular weight excluding hydrogens is 277 g/mol. The summed E-state index contributed by atoms with van der Waals surface area (Å²) in [5.41, 5.74) is 1.72. The number of halogens is 2. The highest BCUT2D eigenvalue weighted by atomic mass is 35.5. The van der Waals surface area contributed by atoms with Gasteiger partial charge in [-0.05, 0) is 31.4 Å². The zero-order chi connectivity index (χ0) is 13.7. The van der Waals surface area contributed by atoms with Gasteiger partial charge in [-0.3, -0.25) is 4.90 Å². The minimum atomic E-state index is -0.241. The SMILES string of the molecule is Fc1ccc2c(c1)nc(CCl)n2C1CCN(C2CC2)C1. The summed E-state index contributed by atoms with van der Waals surface area (Å²) in [7, 11) is 0. The molecule has 1 aromatic heterocycles. The summed E-state index contributed by atoms with van der Waals surface area (Å²) in [6.45, 7) is 2.22. The first-order valence-electron chi connectivity index (χ1n) is 7.22. The van der Waals surface area contributed by atoms with Crippen molar-refractivity contribution in [2.45, 2.75) is 37.2 Å². The van der Waals surface area contributed by atoms with Gasteiger partial charge in [0.05, 0.1) is 16.9 Å². The largest absolute Gasteiger partial charge is 0.322 e. The van der Waals surface area contributed by atoms with Crippen LogP contribution in [0.5, 0.6) is 0 Å². The average Bonchev–Trinajstić information content (AvgIpc) is 3.07. The van der Waals surface area contributed by atoms with Gasteiger partial charge in [0.2, 0.25) is 0 Å². The molecule has 0 bridgehead atoms. The highest BCUT2D eigenvalue weighted by molar-refractivity contribution is 6.16. The van der Waals surface area contributed by atoms with E-state index in [1.807, 2.05) is 6.07 Å². The van der Waals surface area contributed by atoms with Gasteiger partial charge < -0.3 is 4.57 Å². The van der Waals surface area contributed by atoms with Crippen LogP contribution in [-0.2, 0) is 5.88 Å². The molecule has 2 heterocycles. The maximum Gasteiger partial charge on any atom is 0.125 e. The molecule has 0 radical (unpaired) electrons. The van der Waals surface area contributed by atoms with Crippen molar-refractivity contribution in [3.63, 3.8) is 0 Å². The molecule has 1 saturated carbocycles. The molecule has 2 aromatic rings. The summed E-state index contributed by atoms with van der Waals surface area (Å²) in [6.07, 6.45) is 3.80. The van der Waals surface area contributed by atoms with E-state index in [9.17, 15) is 4.39 Å². The van der Waals surface area contributed by atoms with E-state index in [0.29, 0.717) is 17.4 Å². The lowest BCUT2D eigenvalue weighted by atomic mass is 10.2. The van der Waals surface area contributed by atoms with Crippen molar-refractivity contribution in [3.05, 3.63) is 29.8 Å². The van der Waals surface area contributed by atoms with E-state index in [1.165, 1.54) is 25.0 Å². The van der Waals surface area contributed by atoms with Crippen LogP contribution in [0.25, 0.3) is 11.0 Å². The number of imidazole rings is 1. The second-order valence-electron chi connectivity index (χ2n) is 5.83. The molecule has 2 fully saturated rings. The smallest absolute Gasteiger partial charge is 0.125 e. The Hall–Kier alpha value is -1.13. The van der Waals surface area contributed by atoms with Gasteiger partial charge in [-0.2, -0.15) is 0 Å². The quantitative estimate of drug-likeness (QED) is 0.810. The van der Waals surface area contributed by atoms with E-state index in [-0.39, 0.29) is 5.82 Å². The Kier molecular flexibility index (Phi) is 2.97. The zero-order valence-corrected chi connectivity index (χ0v) is 12.0. The maximum atomic E-state index is 13.3. The molecule has 20 heavy (non-hydrogen) atoms. The zero-order valence-electron chi connectivity index (χ0n) is 11.2. The number of likely N-dealkylation sites (tertiary alicyclic amines) is 1. The summed E-state index contributed by atoms with van der Waals surface area (Å²) in [4.78, 5) is 7.06. The van der Waals surface area contributed by atoms with Crippen molar-refractivity contribution in [1.82, 2.24) is 14.5 Å². The van der Waals surface area contributed by atoms with Crippen LogP contribution in [0.15, 0.2) is 18.2 Å². The van der Waals surface area contributed by atoms with E-state index in [1.54, 1.807) is 0 Å². The molecule has 1 atom stereocenters. The molecule has 106 valence electrons. The van der Waals surface area contributed by atoms with Crippen LogP contribution >= 0.6 is 11.6 Å². The van der Waals surface area contributed by atoms with Gasteiger partial charge in [0.15, 0.2) is 0 Å². The minimum absolute atomic E-state index is 0.241. The van der Waals surface area contributed by atoms with Gasteiger partial charge in [-0.25, -0.2) is 9.37 Å². The predicted octanol–water partition coefficient (Wildman–Crippen LogP) is 3.32. The van der Waals surface area contributed by atoms with Crippen LogP contribution in [-0.4, -0.2) is 33.6 Å². The number of hydrogen-bond acceptors (Lipinski definition) is 2. The van der Waals surface area contributed by atoms with Gasteiger partial charge >= 0.3 is 0 Å². The molecule has 1 aliphatic carbocycles. The summed E-state index contributed by atoms with van der Waals surface area (Å²) in [6, 6.07) is 6.04. The lowest BCUT2D eigenvalue weighted by molar-refractivity contribution is 0.314. The van der Waals surface area contributed by atoms with Crippen molar-refractivity contribution >= 4 is 22.6 Å². The number of fused-ring (bicyclic) bond motifs is 1. The van der Waals surface area contributed by atoms with Gasteiger partial charge in [0.1, 0.15) is 11.6 Å². The van der Waals surface area contributed by atoms with Gasteiger partial charge in [0.25, 0.3) is 0 Å². The number of alkyl halides is 1. The first-order chi connectivity index (χ1) is 9.76. The third kappa shape index (κ3) is 2.02. The first-order valence-corrected chi connectivity index (χ1v) is 7.76. The van der Waals surface area contributed by atoms with Crippen LogP contribution in [0.4, 0.5) is 4.39 Å². The lowest BCUT2D eigenvalue weighted by Gasteiger charge is -2.18. The Bertz CT molecular complexity index is 650. The van der Waals surface area contributed by atoms with Crippen molar-refractivity contribution in [2.24, 2.45) is 0 Å². The van der Waals surface area contributed by atoms with Crippen molar-refractivity contribution < 1.29 is 4.39 Å². The molecule has 4 rings (SSSR count). The van der Waals surface area contributed by atoms with Gasteiger partial charge in [-0.1, -0.05) is 0 Å². The molecule has 1 saturated heterocycles. The van der Waals surface area contributed by atoms with Crippen molar-refractivity contribution in [2.75, 3.05) is 13.1 Å². The second kappa shape index (κ2) is 4.71. The Morgan fingerprint density at radius 3 is 2.85 bits per heavy atom. The predicted molar refractivity (Wildman–Crippen MR) is 77.5 cm³/mol. The van der Waals surface area contributed by atoms with Crippen LogP contribution < -0.4 is 0 Å². The van der Waals surface area contributed by atoms with Crippen LogP contribution in [0.3, 0.4) is 0 Å². The van der Waals surface area contributed by atoms with Gasteiger partial charge in [0, 0.05) is 31.2 Å². The topological polar surface area (TPSA) is 21.1 Å². The molecule has 1 unspecified atom stereocenters. The fraction of sp³-hybridized carbons (Fsp3) is 0.533. The molecule has 0 spiro atoms. The Morgan fingerprint density at radius 2 is 2.10 bits per heavy atom. The minimum Gasteiger partial charge on any atom is -0.322 e. The molecule has 1 aliphatic heterocycles.